The standard InChI is InChI=1S/C21H23N3O5/c25-16-10-9-15(19(27)23-16)24-20(28)14-8-4-7-13(17(14)21(24)29)11-22-18(26)12-5-2-1-3-6-12/h4,7-8,12,15H,1-3,5-6,9-11H2,(H,22,26)(H,23,25,27). The Kier molecular flexibility index (Phi) is 5.17. The van der Waals surface area contributed by atoms with Gasteiger partial charge in [0.2, 0.25) is 17.7 Å². The molecule has 0 aromatic heterocycles. The molecule has 1 aromatic rings. The van der Waals surface area contributed by atoms with E-state index < -0.39 is 29.7 Å². The second-order valence-electron chi connectivity index (χ2n) is 7.84. The van der Waals surface area contributed by atoms with E-state index in [1.54, 1.807) is 18.2 Å². The zero-order valence-corrected chi connectivity index (χ0v) is 16.0. The quantitative estimate of drug-likeness (QED) is 0.744. The van der Waals surface area contributed by atoms with Gasteiger partial charge in [0, 0.05) is 18.9 Å². The van der Waals surface area contributed by atoms with Gasteiger partial charge in [0.25, 0.3) is 11.8 Å². The fourth-order valence-electron chi connectivity index (χ4n) is 4.42. The highest BCUT2D eigenvalue weighted by Gasteiger charge is 2.45. The number of rotatable bonds is 4. The largest absolute Gasteiger partial charge is 0.352 e. The van der Waals surface area contributed by atoms with Crippen LogP contribution in [0.4, 0.5) is 0 Å². The van der Waals surface area contributed by atoms with Gasteiger partial charge in [-0.15, -0.1) is 0 Å². The lowest BCUT2D eigenvalue weighted by molar-refractivity contribution is -0.136. The molecule has 1 saturated heterocycles. The molecule has 29 heavy (non-hydrogen) atoms. The number of amides is 5. The lowest BCUT2D eigenvalue weighted by Gasteiger charge is -2.27. The lowest BCUT2D eigenvalue weighted by Crippen LogP contribution is -2.54. The highest BCUT2D eigenvalue weighted by Crippen LogP contribution is 2.30. The van der Waals surface area contributed by atoms with E-state index in [2.05, 4.69) is 10.6 Å². The minimum Gasteiger partial charge on any atom is -0.352 e. The van der Waals surface area contributed by atoms with E-state index >= 15 is 0 Å². The molecular formula is C21H23N3O5. The van der Waals surface area contributed by atoms with Crippen LogP contribution in [0.5, 0.6) is 0 Å². The van der Waals surface area contributed by atoms with Gasteiger partial charge in [-0.2, -0.15) is 0 Å². The van der Waals surface area contributed by atoms with Crippen LogP contribution in [0.25, 0.3) is 0 Å². The molecule has 3 aliphatic rings. The van der Waals surface area contributed by atoms with E-state index in [-0.39, 0.29) is 42.3 Å². The molecule has 8 nitrogen and oxygen atoms in total. The summed E-state index contributed by atoms with van der Waals surface area (Å²) < 4.78 is 0. The Morgan fingerprint density at radius 2 is 1.79 bits per heavy atom. The normalized spacial score (nSPS) is 22.5. The van der Waals surface area contributed by atoms with Crippen molar-refractivity contribution in [2.24, 2.45) is 5.92 Å². The molecule has 2 fully saturated rings. The van der Waals surface area contributed by atoms with Crippen LogP contribution >= 0.6 is 0 Å². The summed E-state index contributed by atoms with van der Waals surface area (Å²) in [7, 11) is 0. The zero-order chi connectivity index (χ0) is 20.5. The summed E-state index contributed by atoms with van der Waals surface area (Å²) in [5.74, 6) is -2.17. The maximum Gasteiger partial charge on any atom is 0.262 e. The first-order valence-electron chi connectivity index (χ1n) is 10.1. The van der Waals surface area contributed by atoms with Gasteiger partial charge < -0.3 is 5.32 Å². The van der Waals surface area contributed by atoms with Gasteiger partial charge in [-0.25, -0.2) is 0 Å². The Morgan fingerprint density at radius 1 is 1.03 bits per heavy atom. The van der Waals surface area contributed by atoms with E-state index in [1.807, 2.05) is 0 Å². The van der Waals surface area contributed by atoms with Crippen molar-refractivity contribution in [2.45, 2.75) is 57.5 Å². The Balaban J connectivity index is 1.52. The molecule has 1 unspecified atom stereocenters. The van der Waals surface area contributed by atoms with E-state index in [9.17, 15) is 24.0 Å². The minimum absolute atomic E-state index is 0.00202. The third-order valence-electron chi connectivity index (χ3n) is 5.98. The summed E-state index contributed by atoms with van der Waals surface area (Å²) >= 11 is 0. The predicted octanol–water partition coefficient (Wildman–Crippen LogP) is 1.28. The fraction of sp³-hybridized carbons (Fsp3) is 0.476. The Labute approximate surface area is 168 Å². The summed E-state index contributed by atoms with van der Waals surface area (Å²) in [6, 6.07) is 3.93. The third kappa shape index (κ3) is 3.54. The topological polar surface area (TPSA) is 113 Å². The van der Waals surface area contributed by atoms with Gasteiger partial charge in [0.1, 0.15) is 6.04 Å². The number of hydrogen-bond acceptors (Lipinski definition) is 5. The molecule has 0 bridgehead atoms. The van der Waals surface area contributed by atoms with Gasteiger partial charge >= 0.3 is 0 Å². The van der Waals surface area contributed by atoms with Crippen LogP contribution in [0.3, 0.4) is 0 Å². The first-order valence-corrected chi connectivity index (χ1v) is 10.1. The maximum absolute atomic E-state index is 13.0. The van der Waals surface area contributed by atoms with Gasteiger partial charge in [0.15, 0.2) is 0 Å². The number of nitrogens with zero attached hydrogens (tertiary/aromatic N) is 1. The van der Waals surface area contributed by atoms with E-state index in [0.29, 0.717) is 5.56 Å². The van der Waals surface area contributed by atoms with Crippen molar-refractivity contribution in [3.8, 4) is 0 Å². The molecule has 2 heterocycles. The second kappa shape index (κ2) is 7.77. The number of piperidine rings is 1. The van der Waals surface area contributed by atoms with Crippen molar-refractivity contribution in [1.82, 2.24) is 15.5 Å². The summed E-state index contributed by atoms with van der Waals surface area (Å²) in [4.78, 5) is 62.8. The molecule has 1 atom stereocenters. The summed E-state index contributed by atoms with van der Waals surface area (Å²) in [6.07, 6.45) is 5.19. The summed E-state index contributed by atoms with van der Waals surface area (Å²) in [6.45, 7) is 0.153. The Bertz CT molecular complexity index is 904. The monoisotopic (exact) mass is 397 g/mol. The molecule has 0 radical (unpaired) electrons. The van der Waals surface area contributed by atoms with Crippen molar-refractivity contribution in [3.63, 3.8) is 0 Å². The SMILES string of the molecule is O=C1CCC(N2C(=O)c3cccc(CNC(=O)C4CCCCC4)c3C2=O)C(=O)N1. The van der Waals surface area contributed by atoms with Crippen LogP contribution < -0.4 is 10.6 Å². The van der Waals surface area contributed by atoms with Crippen molar-refractivity contribution in [1.29, 1.82) is 0 Å². The van der Waals surface area contributed by atoms with Gasteiger partial charge in [-0.3, -0.25) is 34.2 Å². The highest BCUT2D eigenvalue weighted by molar-refractivity contribution is 6.24. The molecule has 4 rings (SSSR count). The Hall–Kier alpha value is -3.03. The molecule has 1 saturated carbocycles. The number of fused-ring (bicyclic) bond motifs is 1. The molecular weight excluding hydrogens is 374 g/mol. The van der Waals surface area contributed by atoms with Crippen LogP contribution in [-0.4, -0.2) is 40.5 Å². The van der Waals surface area contributed by atoms with Crippen molar-refractivity contribution in [2.75, 3.05) is 0 Å². The number of carbonyl (C=O) groups excluding carboxylic acids is 5. The predicted molar refractivity (Wildman–Crippen MR) is 102 cm³/mol. The smallest absolute Gasteiger partial charge is 0.262 e. The number of carbonyl (C=O) groups is 5. The fourth-order valence-corrected chi connectivity index (χ4v) is 4.42. The first-order chi connectivity index (χ1) is 14.0. The van der Waals surface area contributed by atoms with Crippen molar-refractivity contribution in [3.05, 3.63) is 34.9 Å². The first kappa shape index (κ1) is 19.3. The molecule has 5 amide bonds. The average molecular weight is 397 g/mol. The van der Waals surface area contributed by atoms with E-state index in [0.717, 1.165) is 37.0 Å². The number of nitrogens with one attached hydrogen (secondary N) is 2. The van der Waals surface area contributed by atoms with E-state index in [4.69, 9.17) is 0 Å². The number of hydrogen-bond donors (Lipinski definition) is 2. The van der Waals surface area contributed by atoms with Crippen LogP contribution in [0.1, 0.15) is 71.2 Å². The van der Waals surface area contributed by atoms with Crippen LogP contribution in [-0.2, 0) is 20.9 Å². The molecule has 1 aromatic carbocycles. The highest BCUT2D eigenvalue weighted by atomic mass is 16.2. The van der Waals surface area contributed by atoms with E-state index in [1.165, 1.54) is 0 Å². The molecule has 0 spiro atoms. The Morgan fingerprint density at radius 3 is 2.52 bits per heavy atom. The number of benzene rings is 1. The third-order valence-corrected chi connectivity index (χ3v) is 5.98. The van der Waals surface area contributed by atoms with Crippen LogP contribution in [0.2, 0.25) is 0 Å². The van der Waals surface area contributed by atoms with Crippen molar-refractivity contribution >= 4 is 29.5 Å². The maximum atomic E-state index is 13.0. The van der Waals surface area contributed by atoms with Gasteiger partial charge in [0.05, 0.1) is 11.1 Å². The van der Waals surface area contributed by atoms with Gasteiger partial charge in [-0.1, -0.05) is 31.4 Å². The average Bonchev–Trinajstić information content (AvgIpc) is 2.98. The molecule has 152 valence electrons. The second-order valence-corrected chi connectivity index (χ2v) is 7.84. The molecule has 8 heteroatoms. The van der Waals surface area contributed by atoms with Crippen molar-refractivity contribution < 1.29 is 24.0 Å². The van der Waals surface area contributed by atoms with Crippen LogP contribution in [0.15, 0.2) is 18.2 Å². The molecule has 1 aliphatic carbocycles. The zero-order valence-electron chi connectivity index (χ0n) is 16.0. The summed E-state index contributed by atoms with van der Waals surface area (Å²) in [5, 5.41) is 5.08. The molecule has 2 N–H and O–H groups in total. The summed E-state index contributed by atoms with van der Waals surface area (Å²) in [5.41, 5.74) is 1.01. The minimum atomic E-state index is -0.996. The lowest BCUT2D eigenvalue weighted by atomic mass is 9.88. The molecule has 2 aliphatic heterocycles. The van der Waals surface area contributed by atoms with Gasteiger partial charge in [-0.05, 0) is 30.9 Å². The number of imide groups is 2. The van der Waals surface area contributed by atoms with Crippen LogP contribution in [0, 0.1) is 5.92 Å².